The van der Waals surface area contributed by atoms with Crippen LogP contribution < -0.4 is 0 Å². The number of rotatable bonds is 1. The van der Waals surface area contributed by atoms with Crippen molar-refractivity contribution < 1.29 is 0 Å². The van der Waals surface area contributed by atoms with Crippen LogP contribution in [-0.4, -0.2) is 4.98 Å². The number of aromatic nitrogens is 1. The standard InChI is InChI=1S/C12H10.C7H5NS/c1-3-7-11(8-4-1)12-9-5-2-6-10-12;1-2-4-7-6(3-1)8-5-9-7/h1-10H;1-5H. The summed E-state index contributed by atoms with van der Waals surface area (Å²) in [5.41, 5.74) is 5.52. The average Bonchev–Trinajstić information content (AvgIpc) is 3.06. The Hall–Kier alpha value is -2.45. The van der Waals surface area contributed by atoms with Gasteiger partial charge in [-0.3, -0.25) is 0 Å². The van der Waals surface area contributed by atoms with Gasteiger partial charge in [0.1, 0.15) is 0 Å². The van der Waals surface area contributed by atoms with Crippen molar-refractivity contribution in [2.75, 3.05) is 0 Å². The first-order valence-electron chi connectivity index (χ1n) is 6.82. The minimum Gasteiger partial charge on any atom is -0.245 e. The maximum atomic E-state index is 4.14. The molecule has 0 aliphatic carbocycles. The molecule has 0 unspecified atom stereocenters. The van der Waals surface area contributed by atoms with Crippen LogP contribution in [0.4, 0.5) is 0 Å². The van der Waals surface area contributed by atoms with Gasteiger partial charge < -0.3 is 0 Å². The van der Waals surface area contributed by atoms with E-state index in [4.69, 9.17) is 0 Å². The predicted octanol–water partition coefficient (Wildman–Crippen LogP) is 5.65. The van der Waals surface area contributed by atoms with Crippen LogP contribution in [0.25, 0.3) is 21.3 Å². The highest BCUT2D eigenvalue weighted by molar-refractivity contribution is 7.16. The van der Waals surface area contributed by atoms with Crippen LogP contribution in [0.5, 0.6) is 0 Å². The third-order valence-electron chi connectivity index (χ3n) is 3.12. The molecule has 0 N–H and O–H groups in total. The minimum atomic E-state index is 1.10. The molecule has 3 aromatic carbocycles. The number of hydrogen-bond donors (Lipinski definition) is 0. The van der Waals surface area contributed by atoms with E-state index in [1.807, 2.05) is 35.8 Å². The van der Waals surface area contributed by atoms with Crippen molar-refractivity contribution in [2.24, 2.45) is 0 Å². The topological polar surface area (TPSA) is 12.9 Å². The van der Waals surface area contributed by atoms with Crippen molar-refractivity contribution in [3.8, 4) is 11.1 Å². The molecule has 0 saturated carbocycles. The highest BCUT2D eigenvalue weighted by Crippen LogP contribution is 2.17. The van der Waals surface area contributed by atoms with Gasteiger partial charge in [0, 0.05) is 0 Å². The van der Waals surface area contributed by atoms with Crippen LogP contribution in [0.1, 0.15) is 0 Å². The fraction of sp³-hybridized carbons (Fsp3) is 0. The number of nitrogens with zero attached hydrogens (tertiary/aromatic N) is 1. The van der Waals surface area contributed by atoms with Crippen LogP contribution in [0.15, 0.2) is 90.4 Å². The van der Waals surface area contributed by atoms with E-state index in [-0.39, 0.29) is 0 Å². The van der Waals surface area contributed by atoms with Crippen molar-refractivity contribution >= 4 is 21.6 Å². The Kier molecular flexibility index (Phi) is 4.39. The van der Waals surface area contributed by atoms with Gasteiger partial charge in [0.05, 0.1) is 15.7 Å². The summed E-state index contributed by atoms with van der Waals surface area (Å²) in [4.78, 5) is 4.14. The largest absolute Gasteiger partial charge is 0.245 e. The molecular formula is C19H15NS. The maximum absolute atomic E-state index is 4.14. The van der Waals surface area contributed by atoms with Crippen molar-refractivity contribution in [3.63, 3.8) is 0 Å². The Bertz CT molecular complexity index is 724. The molecule has 0 radical (unpaired) electrons. The summed E-state index contributed by atoms with van der Waals surface area (Å²) in [5, 5.41) is 0. The summed E-state index contributed by atoms with van der Waals surface area (Å²) >= 11 is 1.68. The maximum Gasteiger partial charge on any atom is 0.0812 e. The van der Waals surface area contributed by atoms with E-state index in [0.29, 0.717) is 0 Å². The number of para-hydroxylation sites is 1. The quantitative estimate of drug-likeness (QED) is 0.441. The highest BCUT2D eigenvalue weighted by Gasteiger charge is 1.92. The molecule has 102 valence electrons. The molecule has 0 aliphatic rings. The lowest BCUT2D eigenvalue weighted by atomic mass is 10.1. The van der Waals surface area contributed by atoms with Gasteiger partial charge in [-0.05, 0) is 23.3 Å². The number of thiazole rings is 1. The van der Waals surface area contributed by atoms with E-state index in [9.17, 15) is 0 Å². The van der Waals surface area contributed by atoms with Gasteiger partial charge in [-0.2, -0.15) is 0 Å². The summed E-state index contributed by atoms with van der Waals surface area (Å²) in [6, 6.07) is 28.9. The summed E-state index contributed by atoms with van der Waals surface area (Å²) < 4.78 is 1.26. The van der Waals surface area contributed by atoms with E-state index in [0.717, 1.165) is 5.52 Å². The van der Waals surface area contributed by atoms with Crippen molar-refractivity contribution in [1.82, 2.24) is 4.98 Å². The second-order valence-corrected chi connectivity index (χ2v) is 5.44. The molecule has 0 saturated heterocycles. The van der Waals surface area contributed by atoms with Crippen LogP contribution >= 0.6 is 11.3 Å². The SMILES string of the molecule is c1ccc(-c2ccccc2)cc1.c1ccc2scnc2c1. The van der Waals surface area contributed by atoms with Gasteiger partial charge >= 0.3 is 0 Å². The lowest BCUT2D eigenvalue weighted by Gasteiger charge is -1.98. The van der Waals surface area contributed by atoms with Crippen LogP contribution in [0, 0.1) is 0 Å². The molecule has 1 aromatic heterocycles. The van der Waals surface area contributed by atoms with Gasteiger partial charge in [0.15, 0.2) is 0 Å². The van der Waals surface area contributed by atoms with E-state index >= 15 is 0 Å². The predicted molar refractivity (Wildman–Crippen MR) is 91.5 cm³/mol. The molecule has 0 fully saturated rings. The Morgan fingerprint density at radius 1 is 0.571 bits per heavy atom. The molecule has 1 heterocycles. The Morgan fingerprint density at radius 2 is 1.10 bits per heavy atom. The van der Waals surface area contributed by atoms with Crippen LogP contribution in [0.2, 0.25) is 0 Å². The molecule has 0 aliphatic heterocycles. The van der Waals surface area contributed by atoms with E-state index in [1.165, 1.54) is 15.8 Å². The first kappa shape index (κ1) is 13.5. The smallest absolute Gasteiger partial charge is 0.0812 e. The van der Waals surface area contributed by atoms with Crippen molar-refractivity contribution in [3.05, 3.63) is 90.4 Å². The van der Waals surface area contributed by atoms with Crippen LogP contribution in [-0.2, 0) is 0 Å². The molecule has 1 nitrogen and oxygen atoms in total. The number of hydrogen-bond acceptors (Lipinski definition) is 2. The molecule has 0 atom stereocenters. The Balaban J connectivity index is 0.000000131. The molecular weight excluding hydrogens is 274 g/mol. The second-order valence-electron chi connectivity index (χ2n) is 4.55. The van der Waals surface area contributed by atoms with Gasteiger partial charge in [0.25, 0.3) is 0 Å². The molecule has 4 rings (SSSR count). The normalized spacial score (nSPS) is 9.90. The van der Waals surface area contributed by atoms with Gasteiger partial charge in [-0.25, -0.2) is 4.98 Å². The molecule has 2 heteroatoms. The molecule has 4 aromatic rings. The highest BCUT2D eigenvalue weighted by atomic mass is 32.1. The zero-order valence-electron chi connectivity index (χ0n) is 11.5. The zero-order chi connectivity index (χ0) is 14.3. The lowest BCUT2D eigenvalue weighted by molar-refractivity contribution is 1.50. The fourth-order valence-corrected chi connectivity index (χ4v) is 2.74. The molecule has 21 heavy (non-hydrogen) atoms. The first-order valence-corrected chi connectivity index (χ1v) is 7.70. The van der Waals surface area contributed by atoms with Gasteiger partial charge in [-0.1, -0.05) is 72.8 Å². The third kappa shape index (κ3) is 3.56. The summed E-state index contributed by atoms with van der Waals surface area (Å²) in [6.45, 7) is 0. The summed E-state index contributed by atoms with van der Waals surface area (Å²) in [5.74, 6) is 0. The lowest BCUT2D eigenvalue weighted by Crippen LogP contribution is -1.73. The minimum absolute atomic E-state index is 1.10. The third-order valence-corrected chi connectivity index (χ3v) is 3.93. The number of fused-ring (bicyclic) bond motifs is 1. The monoisotopic (exact) mass is 289 g/mol. The van der Waals surface area contributed by atoms with E-state index < -0.39 is 0 Å². The molecule has 0 spiro atoms. The fourth-order valence-electron chi connectivity index (χ4n) is 2.06. The zero-order valence-corrected chi connectivity index (χ0v) is 12.3. The van der Waals surface area contributed by atoms with Crippen LogP contribution in [0.3, 0.4) is 0 Å². The summed E-state index contributed by atoms with van der Waals surface area (Å²) in [6.07, 6.45) is 0. The van der Waals surface area contributed by atoms with Crippen molar-refractivity contribution in [2.45, 2.75) is 0 Å². The Labute approximate surface area is 128 Å². The Morgan fingerprint density at radius 3 is 1.67 bits per heavy atom. The van der Waals surface area contributed by atoms with Crippen molar-refractivity contribution in [1.29, 1.82) is 0 Å². The number of benzene rings is 3. The molecule has 0 bridgehead atoms. The van der Waals surface area contributed by atoms with Gasteiger partial charge in [-0.15, -0.1) is 11.3 Å². The van der Waals surface area contributed by atoms with E-state index in [2.05, 4.69) is 59.6 Å². The first-order chi connectivity index (χ1) is 10.4. The molecule has 0 amide bonds. The second kappa shape index (κ2) is 6.82. The van der Waals surface area contributed by atoms with Gasteiger partial charge in [0.2, 0.25) is 0 Å². The summed E-state index contributed by atoms with van der Waals surface area (Å²) in [7, 11) is 0. The van der Waals surface area contributed by atoms with E-state index in [1.54, 1.807) is 11.3 Å². The average molecular weight is 289 g/mol.